The van der Waals surface area contributed by atoms with Crippen LogP contribution in [0.3, 0.4) is 0 Å². The van der Waals surface area contributed by atoms with E-state index in [1.807, 2.05) is 41.8 Å². The van der Waals surface area contributed by atoms with Crippen molar-refractivity contribution in [3.63, 3.8) is 0 Å². The molecule has 1 N–H and O–H groups in total. The van der Waals surface area contributed by atoms with Crippen LogP contribution in [0, 0.1) is 0 Å². The number of aryl methyl sites for hydroxylation is 1. The molecule has 0 unspecified atom stereocenters. The van der Waals surface area contributed by atoms with E-state index in [-0.39, 0.29) is 10.6 Å². The van der Waals surface area contributed by atoms with E-state index in [0.29, 0.717) is 44.2 Å². The molecule has 0 atom stereocenters. The normalized spacial score (nSPS) is 15.1. The van der Waals surface area contributed by atoms with Crippen LogP contribution in [0.2, 0.25) is 5.02 Å². The quantitative estimate of drug-likeness (QED) is 0.546. The first-order valence-corrected chi connectivity index (χ1v) is 12.9. The number of carbonyl (C=O) groups is 1. The van der Waals surface area contributed by atoms with Crippen molar-refractivity contribution in [2.45, 2.75) is 11.4 Å². The van der Waals surface area contributed by atoms with Crippen molar-refractivity contribution in [3.8, 4) is 0 Å². The zero-order chi connectivity index (χ0) is 22.7. The van der Waals surface area contributed by atoms with E-state index < -0.39 is 15.9 Å². The van der Waals surface area contributed by atoms with Gasteiger partial charge in [-0.05, 0) is 42.1 Å². The summed E-state index contributed by atoms with van der Waals surface area (Å²) in [7, 11) is -2.29. The fourth-order valence-electron chi connectivity index (χ4n) is 3.62. The number of carbonyl (C=O) groups excluding carboxylic acids is 1. The van der Waals surface area contributed by atoms with Crippen molar-refractivity contribution in [1.82, 2.24) is 19.4 Å². The van der Waals surface area contributed by atoms with Gasteiger partial charge in [0.2, 0.25) is 5.03 Å². The molecule has 1 saturated heterocycles. The Morgan fingerprint density at radius 3 is 2.53 bits per heavy atom. The van der Waals surface area contributed by atoms with Crippen molar-refractivity contribution in [3.05, 3.63) is 63.4 Å². The second-order valence-electron chi connectivity index (χ2n) is 7.47. The molecule has 11 heteroatoms. The van der Waals surface area contributed by atoms with E-state index in [4.69, 9.17) is 11.6 Å². The van der Waals surface area contributed by atoms with Gasteiger partial charge in [-0.1, -0.05) is 17.7 Å². The highest BCUT2D eigenvalue weighted by Crippen LogP contribution is 2.23. The maximum Gasteiger partial charge on any atom is 0.263 e. The van der Waals surface area contributed by atoms with Crippen LogP contribution in [0.1, 0.15) is 15.2 Å². The fraction of sp³-hybridized carbons (Fsp3) is 0.333. The third-order valence-electron chi connectivity index (χ3n) is 5.29. The van der Waals surface area contributed by atoms with Crippen LogP contribution in [0.5, 0.6) is 0 Å². The molecule has 0 radical (unpaired) electrons. The molecule has 0 spiro atoms. The number of amides is 1. The highest BCUT2D eigenvalue weighted by molar-refractivity contribution is 7.89. The number of aromatic nitrogens is 2. The molecular formula is C21H24ClN5O3S2. The number of hydrogen-bond acceptors (Lipinski definition) is 6. The molecule has 1 aromatic carbocycles. The van der Waals surface area contributed by atoms with Crippen LogP contribution in [0.25, 0.3) is 0 Å². The Morgan fingerprint density at radius 2 is 1.88 bits per heavy atom. The Kier molecular flexibility index (Phi) is 6.85. The molecule has 3 heterocycles. The summed E-state index contributed by atoms with van der Waals surface area (Å²) in [4.78, 5) is 16.0. The average Bonchev–Trinajstić information content (AvgIpc) is 3.44. The van der Waals surface area contributed by atoms with E-state index in [0.717, 1.165) is 10.6 Å². The topological polar surface area (TPSA) is 87.5 Å². The lowest BCUT2D eigenvalue weighted by Crippen LogP contribution is -2.49. The summed E-state index contributed by atoms with van der Waals surface area (Å²) in [6.07, 6.45) is 2.15. The molecule has 4 rings (SSSR count). The fourth-order valence-corrected chi connectivity index (χ4v) is 6.00. The van der Waals surface area contributed by atoms with Crippen LogP contribution in [0.4, 0.5) is 5.69 Å². The van der Waals surface area contributed by atoms with Gasteiger partial charge < -0.3 is 10.2 Å². The second kappa shape index (κ2) is 9.62. The van der Waals surface area contributed by atoms with Crippen LogP contribution >= 0.6 is 22.9 Å². The lowest BCUT2D eigenvalue weighted by Gasteiger charge is -2.35. The number of anilines is 1. The molecule has 0 aliphatic carbocycles. The number of nitrogens with one attached hydrogen (secondary N) is 1. The maximum atomic E-state index is 13.3. The van der Waals surface area contributed by atoms with E-state index >= 15 is 0 Å². The van der Waals surface area contributed by atoms with Crippen molar-refractivity contribution < 1.29 is 13.2 Å². The number of thiophene rings is 1. The molecule has 0 saturated carbocycles. The number of hydrogen-bond donors (Lipinski definition) is 1. The standard InChI is InChI=1S/C21H24ClN5O3S2/c1-25-15-19(20(28)23-9-8-18-3-2-14-31-18)21(24-25)32(29,30)27-12-10-26(11-13-27)17-6-4-16(22)5-7-17/h2-7,14-15H,8-13H2,1H3,(H,23,28). The van der Waals surface area contributed by atoms with Gasteiger partial charge in [-0.2, -0.15) is 9.40 Å². The van der Waals surface area contributed by atoms with Gasteiger partial charge in [0.1, 0.15) is 0 Å². The van der Waals surface area contributed by atoms with E-state index in [2.05, 4.69) is 15.3 Å². The van der Waals surface area contributed by atoms with E-state index in [9.17, 15) is 13.2 Å². The zero-order valence-electron chi connectivity index (χ0n) is 17.6. The minimum Gasteiger partial charge on any atom is -0.369 e. The number of benzene rings is 1. The molecule has 8 nitrogen and oxygen atoms in total. The molecule has 1 aliphatic rings. The second-order valence-corrected chi connectivity index (χ2v) is 10.8. The number of halogens is 1. The van der Waals surface area contributed by atoms with Crippen LogP contribution in [-0.4, -0.2) is 61.1 Å². The van der Waals surface area contributed by atoms with Crippen LogP contribution in [-0.2, 0) is 23.5 Å². The van der Waals surface area contributed by atoms with Crippen LogP contribution < -0.4 is 10.2 Å². The smallest absolute Gasteiger partial charge is 0.263 e. The van der Waals surface area contributed by atoms with Crippen molar-refractivity contribution >= 4 is 44.6 Å². The van der Waals surface area contributed by atoms with E-state index in [1.165, 1.54) is 15.2 Å². The third kappa shape index (κ3) is 4.98. The monoisotopic (exact) mass is 493 g/mol. The Balaban J connectivity index is 1.43. The van der Waals surface area contributed by atoms with Gasteiger partial charge in [0.25, 0.3) is 15.9 Å². The van der Waals surface area contributed by atoms with Crippen molar-refractivity contribution in [2.75, 3.05) is 37.6 Å². The summed E-state index contributed by atoms with van der Waals surface area (Å²) in [5.41, 5.74) is 1.06. The number of rotatable bonds is 7. The maximum absolute atomic E-state index is 13.3. The molecule has 0 bridgehead atoms. The van der Waals surface area contributed by atoms with Gasteiger partial charge >= 0.3 is 0 Å². The molecule has 170 valence electrons. The van der Waals surface area contributed by atoms with Crippen LogP contribution in [0.15, 0.2) is 53.0 Å². The predicted octanol–water partition coefficient (Wildman–Crippen LogP) is 2.62. The minimum absolute atomic E-state index is 0.0683. The molecule has 1 aliphatic heterocycles. The molecule has 1 amide bonds. The molecule has 32 heavy (non-hydrogen) atoms. The van der Waals surface area contributed by atoms with Gasteiger partial charge in [0.05, 0.1) is 5.56 Å². The molecular weight excluding hydrogens is 470 g/mol. The summed E-state index contributed by atoms with van der Waals surface area (Å²) in [6.45, 7) is 2.11. The zero-order valence-corrected chi connectivity index (χ0v) is 20.0. The van der Waals surface area contributed by atoms with Gasteiger partial charge in [-0.3, -0.25) is 9.48 Å². The molecule has 2 aromatic heterocycles. The first-order chi connectivity index (χ1) is 15.3. The molecule has 3 aromatic rings. The van der Waals surface area contributed by atoms with Gasteiger partial charge in [-0.25, -0.2) is 8.42 Å². The van der Waals surface area contributed by atoms with Gasteiger partial charge in [-0.15, -0.1) is 11.3 Å². The third-order valence-corrected chi connectivity index (χ3v) is 8.31. The predicted molar refractivity (Wildman–Crippen MR) is 126 cm³/mol. The highest BCUT2D eigenvalue weighted by Gasteiger charge is 2.34. The summed E-state index contributed by atoms with van der Waals surface area (Å²) in [5, 5.41) is 9.37. The van der Waals surface area contributed by atoms with Crippen molar-refractivity contribution in [1.29, 1.82) is 0 Å². The highest BCUT2D eigenvalue weighted by atomic mass is 35.5. The average molecular weight is 494 g/mol. The number of nitrogens with zero attached hydrogens (tertiary/aromatic N) is 4. The molecule has 1 fully saturated rings. The Labute approximate surface area is 196 Å². The largest absolute Gasteiger partial charge is 0.369 e. The Hall–Kier alpha value is -2.40. The summed E-state index contributed by atoms with van der Waals surface area (Å²) >= 11 is 7.57. The number of piperazine rings is 1. The summed E-state index contributed by atoms with van der Waals surface area (Å²) in [6, 6.07) is 11.4. The summed E-state index contributed by atoms with van der Waals surface area (Å²) in [5.74, 6) is -0.437. The van der Waals surface area contributed by atoms with Gasteiger partial charge in [0, 0.05) is 61.6 Å². The Bertz CT molecular complexity index is 1170. The lowest BCUT2D eigenvalue weighted by atomic mass is 10.2. The van der Waals surface area contributed by atoms with Gasteiger partial charge in [0.15, 0.2) is 0 Å². The SMILES string of the molecule is Cn1cc(C(=O)NCCc2cccs2)c(S(=O)(=O)N2CCN(c3ccc(Cl)cc3)CC2)n1. The summed E-state index contributed by atoms with van der Waals surface area (Å²) < 4.78 is 29.4. The van der Waals surface area contributed by atoms with E-state index in [1.54, 1.807) is 18.4 Å². The first kappa shape index (κ1) is 22.8. The lowest BCUT2D eigenvalue weighted by molar-refractivity contribution is 0.0950. The van der Waals surface area contributed by atoms with Crippen molar-refractivity contribution in [2.24, 2.45) is 7.05 Å². The minimum atomic E-state index is -3.90. The number of sulfonamides is 1. The first-order valence-electron chi connectivity index (χ1n) is 10.2. The Morgan fingerprint density at radius 1 is 1.16 bits per heavy atom.